The summed E-state index contributed by atoms with van der Waals surface area (Å²) in [6.07, 6.45) is 0. The highest BCUT2D eigenvalue weighted by molar-refractivity contribution is 7.14. The predicted octanol–water partition coefficient (Wildman–Crippen LogP) is 4.36. The predicted molar refractivity (Wildman–Crippen MR) is 102 cm³/mol. The average Bonchev–Trinajstić information content (AvgIpc) is 3.15. The molecule has 1 N–H and O–H groups in total. The number of carbonyl (C=O) groups excluding carboxylic acids is 1. The molecule has 7 heteroatoms. The molecule has 0 fully saturated rings. The number of esters is 1. The van der Waals surface area contributed by atoms with Gasteiger partial charge in [-0.3, -0.25) is 0 Å². The van der Waals surface area contributed by atoms with Gasteiger partial charge in [0.1, 0.15) is 0 Å². The number of carbonyl (C=O) groups is 1. The lowest BCUT2D eigenvalue weighted by atomic mass is 10.1. The Hall–Kier alpha value is -3.06. The van der Waals surface area contributed by atoms with E-state index < -0.39 is 0 Å². The number of ether oxygens (including phenoxy) is 3. The van der Waals surface area contributed by atoms with Gasteiger partial charge in [0.25, 0.3) is 0 Å². The first kappa shape index (κ1) is 17.8. The van der Waals surface area contributed by atoms with Crippen molar-refractivity contribution in [3.05, 3.63) is 53.4 Å². The summed E-state index contributed by atoms with van der Waals surface area (Å²) in [5.41, 5.74) is 2.99. The summed E-state index contributed by atoms with van der Waals surface area (Å²) < 4.78 is 15.3. The van der Waals surface area contributed by atoms with Crippen molar-refractivity contribution >= 4 is 28.1 Å². The Bertz CT molecular complexity index is 923. The average molecular weight is 370 g/mol. The number of benzene rings is 2. The van der Waals surface area contributed by atoms with E-state index in [1.165, 1.54) is 18.4 Å². The minimum atomic E-state index is -0.376. The van der Waals surface area contributed by atoms with Gasteiger partial charge in [-0.2, -0.15) is 0 Å². The van der Waals surface area contributed by atoms with Crippen LogP contribution in [0.3, 0.4) is 0 Å². The highest BCUT2D eigenvalue weighted by Crippen LogP contribution is 2.34. The van der Waals surface area contributed by atoms with Gasteiger partial charge in [-0.25, -0.2) is 9.78 Å². The SMILES string of the molecule is COC(=O)c1cccc(Nc2nc(-c3ccc(OC)c(OC)c3)cs2)c1. The van der Waals surface area contributed by atoms with Crippen molar-refractivity contribution in [2.24, 2.45) is 0 Å². The van der Waals surface area contributed by atoms with Crippen LogP contribution in [-0.4, -0.2) is 32.3 Å². The maximum absolute atomic E-state index is 11.6. The monoisotopic (exact) mass is 370 g/mol. The molecule has 0 amide bonds. The van der Waals surface area contributed by atoms with Crippen molar-refractivity contribution in [2.75, 3.05) is 26.6 Å². The summed E-state index contributed by atoms with van der Waals surface area (Å²) in [7, 11) is 4.56. The Labute approximate surface area is 155 Å². The molecular weight excluding hydrogens is 352 g/mol. The largest absolute Gasteiger partial charge is 0.493 e. The summed E-state index contributed by atoms with van der Waals surface area (Å²) >= 11 is 1.47. The van der Waals surface area contributed by atoms with Gasteiger partial charge in [0.15, 0.2) is 16.6 Å². The van der Waals surface area contributed by atoms with Crippen molar-refractivity contribution in [1.29, 1.82) is 0 Å². The number of rotatable bonds is 6. The molecule has 0 saturated heterocycles. The fourth-order valence-electron chi connectivity index (χ4n) is 2.42. The molecule has 0 aliphatic carbocycles. The van der Waals surface area contributed by atoms with Gasteiger partial charge < -0.3 is 19.5 Å². The van der Waals surface area contributed by atoms with Crippen LogP contribution in [0, 0.1) is 0 Å². The molecule has 6 nitrogen and oxygen atoms in total. The molecule has 0 aliphatic rings. The van der Waals surface area contributed by atoms with Crippen LogP contribution in [0.1, 0.15) is 10.4 Å². The fraction of sp³-hybridized carbons (Fsp3) is 0.158. The zero-order chi connectivity index (χ0) is 18.5. The van der Waals surface area contributed by atoms with E-state index in [-0.39, 0.29) is 5.97 Å². The Morgan fingerprint density at radius 3 is 2.58 bits per heavy atom. The molecule has 0 saturated carbocycles. The molecule has 0 aliphatic heterocycles. The maximum atomic E-state index is 11.6. The molecule has 2 aromatic carbocycles. The van der Waals surface area contributed by atoms with Crippen LogP contribution in [0.4, 0.5) is 10.8 Å². The topological polar surface area (TPSA) is 69.7 Å². The van der Waals surface area contributed by atoms with Gasteiger partial charge in [0, 0.05) is 16.6 Å². The van der Waals surface area contributed by atoms with Crippen LogP contribution in [0.25, 0.3) is 11.3 Å². The molecule has 134 valence electrons. The summed E-state index contributed by atoms with van der Waals surface area (Å²) in [5, 5.41) is 5.88. The quantitative estimate of drug-likeness (QED) is 0.650. The van der Waals surface area contributed by atoms with E-state index in [2.05, 4.69) is 10.3 Å². The molecule has 1 heterocycles. The van der Waals surface area contributed by atoms with Gasteiger partial charge in [-0.05, 0) is 36.4 Å². The van der Waals surface area contributed by atoms with Crippen LogP contribution < -0.4 is 14.8 Å². The summed E-state index contributed by atoms with van der Waals surface area (Å²) in [6, 6.07) is 12.7. The van der Waals surface area contributed by atoms with Crippen LogP contribution in [0.15, 0.2) is 47.8 Å². The minimum absolute atomic E-state index is 0.376. The van der Waals surface area contributed by atoms with E-state index in [9.17, 15) is 4.79 Å². The zero-order valence-electron chi connectivity index (χ0n) is 14.6. The number of nitrogens with one attached hydrogen (secondary N) is 1. The normalized spacial score (nSPS) is 10.3. The maximum Gasteiger partial charge on any atom is 0.337 e. The van der Waals surface area contributed by atoms with Crippen LogP contribution in [0.5, 0.6) is 11.5 Å². The Balaban J connectivity index is 1.81. The number of aromatic nitrogens is 1. The molecule has 0 atom stereocenters. The molecule has 26 heavy (non-hydrogen) atoms. The molecule has 0 radical (unpaired) electrons. The second-order valence-corrected chi connectivity index (χ2v) is 6.16. The second-order valence-electron chi connectivity index (χ2n) is 5.31. The van der Waals surface area contributed by atoms with Gasteiger partial charge in [0.2, 0.25) is 0 Å². The van der Waals surface area contributed by atoms with Crippen molar-refractivity contribution < 1.29 is 19.0 Å². The number of thiazole rings is 1. The number of hydrogen-bond donors (Lipinski definition) is 1. The third-order valence-electron chi connectivity index (χ3n) is 3.72. The third kappa shape index (κ3) is 3.78. The fourth-order valence-corrected chi connectivity index (χ4v) is 3.16. The van der Waals surface area contributed by atoms with Crippen LogP contribution in [0.2, 0.25) is 0 Å². The van der Waals surface area contributed by atoms with Crippen molar-refractivity contribution in [2.45, 2.75) is 0 Å². The van der Waals surface area contributed by atoms with Gasteiger partial charge in [0.05, 0.1) is 32.6 Å². The standard InChI is InChI=1S/C19H18N2O4S/c1-23-16-8-7-12(10-17(16)24-2)15-11-26-19(21-15)20-14-6-4-5-13(9-14)18(22)25-3/h4-11H,1-3H3,(H,20,21). The Morgan fingerprint density at radius 2 is 1.85 bits per heavy atom. The van der Waals surface area contributed by atoms with E-state index in [1.54, 1.807) is 32.4 Å². The minimum Gasteiger partial charge on any atom is -0.493 e. The van der Waals surface area contributed by atoms with E-state index in [0.29, 0.717) is 17.1 Å². The van der Waals surface area contributed by atoms with Crippen LogP contribution in [-0.2, 0) is 4.74 Å². The number of hydrogen-bond acceptors (Lipinski definition) is 7. The second kappa shape index (κ2) is 7.88. The van der Waals surface area contributed by atoms with Crippen molar-refractivity contribution in [3.8, 4) is 22.8 Å². The van der Waals surface area contributed by atoms with Crippen molar-refractivity contribution in [3.63, 3.8) is 0 Å². The molecule has 0 spiro atoms. The lowest BCUT2D eigenvalue weighted by Crippen LogP contribution is -2.01. The van der Waals surface area contributed by atoms with E-state index in [1.807, 2.05) is 29.6 Å². The molecule has 0 bridgehead atoms. The number of anilines is 2. The highest BCUT2D eigenvalue weighted by Gasteiger charge is 2.10. The molecule has 0 unspecified atom stereocenters. The third-order valence-corrected chi connectivity index (χ3v) is 4.48. The first-order valence-electron chi connectivity index (χ1n) is 7.78. The summed E-state index contributed by atoms with van der Waals surface area (Å²) in [4.78, 5) is 16.2. The first-order chi connectivity index (χ1) is 12.6. The number of nitrogens with zero attached hydrogens (tertiary/aromatic N) is 1. The highest BCUT2D eigenvalue weighted by atomic mass is 32.1. The van der Waals surface area contributed by atoms with Gasteiger partial charge >= 0.3 is 5.97 Å². The lowest BCUT2D eigenvalue weighted by molar-refractivity contribution is 0.0601. The lowest BCUT2D eigenvalue weighted by Gasteiger charge is -2.08. The molecule has 1 aromatic heterocycles. The molecule has 3 rings (SSSR count). The van der Waals surface area contributed by atoms with Gasteiger partial charge in [-0.1, -0.05) is 6.07 Å². The number of methoxy groups -OCH3 is 3. The first-order valence-corrected chi connectivity index (χ1v) is 8.66. The summed E-state index contributed by atoms with van der Waals surface area (Å²) in [6.45, 7) is 0. The zero-order valence-corrected chi connectivity index (χ0v) is 15.4. The van der Waals surface area contributed by atoms with E-state index >= 15 is 0 Å². The van der Waals surface area contributed by atoms with Crippen molar-refractivity contribution in [1.82, 2.24) is 4.98 Å². The van der Waals surface area contributed by atoms with Crippen LogP contribution >= 0.6 is 11.3 Å². The smallest absolute Gasteiger partial charge is 0.337 e. The molecular formula is C19H18N2O4S. The van der Waals surface area contributed by atoms with Gasteiger partial charge in [-0.15, -0.1) is 11.3 Å². The summed E-state index contributed by atoms with van der Waals surface area (Å²) in [5.74, 6) is 0.946. The van der Waals surface area contributed by atoms with E-state index in [0.717, 1.165) is 22.1 Å². The molecule has 3 aromatic rings. The Morgan fingerprint density at radius 1 is 1.04 bits per heavy atom. The van der Waals surface area contributed by atoms with E-state index in [4.69, 9.17) is 14.2 Å². The Kier molecular flexibility index (Phi) is 5.38.